The molecule has 0 amide bonds. The molecule has 0 heterocycles. The molecule has 0 aliphatic carbocycles. The van der Waals surface area contributed by atoms with E-state index in [-0.39, 0.29) is 6.73 Å². The molecule has 0 atom stereocenters. The summed E-state index contributed by atoms with van der Waals surface area (Å²) in [7, 11) is 2.41. The van der Waals surface area contributed by atoms with E-state index in [1.165, 1.54) is 0 Å². The van der Waals surface area contributed by atoms with E-state index >= 15 is 0 Å². The smallest absolute Gasteiger partial charge is 0.377 e. The van der Waals surface area contributed by atoms with Crippen LogP contribution in [0, 0.1) is 0 Å². The van der Waals surface area contributed by atoms with E-state index in [0.717, 1.165) is 12.5 Å². The third-order valence-electron chi connectivity index (χ3n) is 1.82. The fourth-order valence-corrected chi connectivity index (χ4v) is 2.72. The molecule has 0 aromatic heterocycles. The maximum absolute atomic E-state index is 5.22. The van der Waals surface area contributed by atoms with Crippen molar-refractivity contribution in [3.05, 3.63) is 0 Å². The van der Waals surface area contributed by atoms with Gasteiger partial charge in [-0.25, -0.2) is 0 Å². The Bertz CT molecular complexity index is 113. The normalized spacial score (nSPS) is 12.0. The molecule has 0 radical (unpaired) electrons. The molecule has 0 aromatic rings. The van der Waals surface area contributed by atoms with Crippen molar-refractivity contribution in [1.29, 1.82) is 0 Å². The molecule has 0 aliphatic heterocycles. The average molecular weight is 209 g/mol. The summed E-state index contributed by atoms with van der Waals surface area (Å²) in [5.41, 5.74) is 5.17. The summed E-state index contributed by atoms with van der Waals surface area (Å²) in [4.78, 5) is 0. The molecule has 5 nitrogen and oxygen atoms in total. The number of hydrogen-bond acceptors (Lipinski definition) is 5. The second kappa shape index (κ2) is 7.42. The lowest BCUT2D eigenvalue weighted by atomic mass is 10.5. The Morgan fingerprint density at radius 2 is 1.62 bits per heavy atom. The lowest BCUT2D eigenvalue weighted by Gasteiger charge is -2.23. The maximum atomic E-state index is 5.22. The zero-order valence-corrected chi connectivity index (χ0v) is 9.54. The largest absolute Gasteiger partial charge is 0.500 e. The van der Waals surface area contributed by atoms with Gasteiger partial charge in [0.25, 0.3) is 0 Å². The van der Waals surface area contributed by atoms with Crippen LogP contribution in [0.1, 0.15) is 6.42 Å². The third kappa shape index (κ3) is 4.70. The van der Waals surface area contributed by atoms with E-state index in [0.29, 0.717) is 6.61 Å². The summed E-state index contributed by atoms with van der Waals surface area (Å²) >= 11 is 0. The molecule has 6 heteroatoms. The Kier molecular flexibility index (Phi) is 7.43. The molecule has 0 rings (SSSR count). The Labute approximate surface area is 80.5 Å². The Morgan fingerprint density at radius 1 is 1.08 bits per heavy atom. The quantitative estimate of drug-likeness (QED) is 0.351. The van der Waals surface area contributed by atoms with Gasteiger partial charge in [0.05, 0.1) is 6.73 Å². The minimum absolute atomic E-state index is 0.251. The highest BCUT2D eigenvalue weighted by Gasteiger charge is 2.36. The van der Waals surface area contributed by atoms with Crippen LogP contribution in [0.5, 0.6) is 0 Å². The number of rotatable bonds is 8. The zero-order chi connectivity index (χ0) is 10.2. The van der Waals surface area contributed by atoms with Crippen LogP contribution in [-0.4, -0.2) is 43.5 Å². The second-order valence-electron chi connectivity index (χ2n) is 2.47. The molecule has 0 aromatic carbocycles. The molecule has 0 bridgehead atoms. The van der Waals surface area contributed by atoms with E-state index < -0.39 is 8.80 Å². The summed E-state index contributed by atoms with van der Waals surface area (Å²) in [6, 6.07) is 0.747. The van der Waals surface area contributed by atoms with Crippen LogP contribution in [0.3, 0.4) is 0 Å². The average Bonchev–Trinajstić information content (AvgIpc) is 2.20. The SMILES string of the molecule is CO[Si](CCCOCN)(OC)OC. The van der Waals surface area contributed by atoms with Gasteiger partial charge >= 0.3 is 8.80 Å². The molecule has 80 valence electrons. The topological polar surface area (TPSA) is 62.9 Å². The molecule has 2 N–H and O–H groups in total. The summed E-state index contributed by atoms with van der Waals surface area (Å²) in [6.45, 7) is 0.864. The Morgan fingerprint density at radius 3 is 2.00 bits per heavy atom. The predicted octanol–water partition coefficient (Wildman–Crippen LogP) is 0.187. The first-order chi connectivity index (χ1) is 6.24. The van der Waals surface area contributed by atoms with Crippen LogP contribution in [0.25, 0.3) is 0 Å². The summed E-state index contributed by atoms with van der Waals surface area (Å²) in [5.74, 6) is 0. The van der Waals surface area contributed by atoms with Crippen molar-refractivity contribution in [2.24, 2.45) is 5.73 Å². The van der Waals surface area contributed by atoms with E-state index in [1.807, 2.05) is 0 Å². The van der Waals surface area contributed by atoms with Gasteiger partial charge in [-0.1, -0.05) is 0 Å². The predicted molar refractivity (Wildman–Crippen MR) is 51.2 cm³/mol. The maximum Gasteiger partial charge on any atom is 0.500 e. The minimum Gasteiger partial charge on any atom is -0.377 e. The van der Waals surface area contributed by atoms with Gasteiger partial charge in [-0.15, -0.1) is 0 Å². The van der Waals surface area contributed by atoms with Crippen LogP contribution in [0.4, 0.5) is 0 Å². The second-order valence-corrected chi connectivity index (χ2v) is 5.56. The molecule has 0 aliphatic rings. The van der Waals surface area contributed by atoms with Crippen LogP contribution in [0.15, 0.2) is 0 Å². The Balaban J connectivity index is 3.68. The summed E-state index contributed by atoms with van der Waals surface area (Å²) in [5, 5.41) is 0. The first-order valence-corrected chi connectivity index (χ1v) is 6.11. The van der Waals surface area contributed by atoms with Crippen molar-refractivity contribution in [2.45, 2.75) is 12.5 Å². The van der Waals surface area contributed by atoms with Gasteiger partial charge in [0.15, 0.2) is 0 Å². The summed E-state index contributed by atoms with van der Waals surface area (Å²) < 4.78 is 20.7. The first kappa shape index (κ1) is 13.0. The summed E-state index contributed by atoms with van der Waals surface area (Å²) in [6.07, 6.45) is 0.832. The van der Waals surface area contributed by atoms with Gasteiger partial charge in [-0.2, -0.15) is 0 Å². The van der Waals surface area contributed by atoms with Gasteiger partial charge in [0.1, 0.15) is 0 Å². The lowest BCUT2D eigenvalue weighted by molar-refractivity contribution is 0.109. The molecule has 0 fully saturated rings. The van der Waals surface area contributed by atoms with Crippen LogP contribution in [-0.2, 0) is 18.0 Å². The lowest BCUT2D eigenvalue weighted by Crippen LogP contribution is -2.42. The van der Waals surface area contributed by atoms with E-state index in [2.05, 4.69) is 0 Å². The van der Waals surface area contributed by atoms with Crippen molar-refractivity contribution in [2.75, 3.05) is 34.7 Å². The van der Waals surface area contributed by atoms with Crippen molar-refractivity contribution in [3.63, 3.8) is 0 Å². The fraction of sp³-hybridized carbons (Fsp3) is 1.00. The Hall–Kier alpha value is 0.0169. The molecule has 13 heavy (non-hydrogen) atoms. The number of ether oxygens (including phenoxy) is 1. The van der Waals surface area contributed by atoms with Crippen LogP contribution < -0.4 is 5.73 Å². The van der Waals surface area contributed by atoms with E-state index in [9.17, 15) is 0 Å². The standard InChI is InChI=1S/C7H19NO4Si/c1-9-13(10-2,11-3)6-4-5-12-7-8/h4-8H2,1-3H3. The van der Waals surface area contributed by atoms with Gasteiger partial charge in [-0.3, -0.25) is 0 Å². The monoisotopic (exact) mass is 209 g/mol. The highest BCUT2D eigenvalue weighted by molar-refractivity contribution is 6.60. The highest BCUT2D eigenvalue weighted by Crippen LogP contribution is 2.14. The third-order valence-corrected chi connectivity index (χ3v) is 4.65. The van der Waals surface area contributed by atoms with Crippen molar-refractivity contribution in [1.82, 2.24) is 0 Å². The van der Waals surface area contributed by atoms with Gasteiger partial charge in [-0.05, 0) is 6.42 Å². The van der Waals surface area contributed by atoms with Crippen LogP contribution in [0.2, 0.25) is 6.04 Å². The first-order valence-electron chi connectivity index (χ1n) is 4.18. The van der Waals surface area contributed by atoms with Crippen molar-refractivity contribution in [3.8, 4) is 0 Å². The van der Waals surface area contributed by atoms with E-state index in [4.69, 9.17) is 23.7 Å². The number of hydrogen-bond donors (Lipinski definition) is 1. The van der Waals surface area contributed by atoms with Crippen molar-refractivity contribution < 1.29 is 18.0 Å². The molecule has 0 unspecified atom stereocenters. The molecule has 0 saturated carbocycles. The van der Waals surface area contributed by atoms with Gasteiger partial charge in [0, 0.05) is 34.0 Å². The minimum atomic E-state index is -2.39. The van der Waals surface area contributed by atoms with Crippen LogP contribution >= 0.6 is 0 Å². The number of nitrogens with two attached hydrogens (primary N) is 1. The zero-order valence-electron chi connectivity index (χ0n) is 8.54. The van der Waals surface area contributed by atoms with Gasteiger partial charge < -0.3 is 23.7 Å². The molecule has 0 saturated heterocycles. The molecular weight excluding hydrogens is 190 g/mol. The van der Waals surface area contributed by atoms with E-state index in [1.54, 1.807) is 21.3 Å². The molecular formula is C7H19NO4Si. The fourth-order valence-electron chi connectivity index (χ4n) is 1.03. The molecule has 0 spiro atoms. The highest BCUT2D eigenvalue weighted by atomic mass is 28.4. The van der Waals surface area contributed by atoms with Gasteiger partial charge in [0.2, 0.25) is 0 Å². The van der Waals surface area contributed by atoms with Crippen molar-refractivity contribution >= 4 is 8.80 Å².